The average Bonchev–Trinajstić information content (AvgIpc) is 2.92. The molecule has 8 nitrogen and oxygen atoms in total. The molecule has 2 heterocycles. The van der Waals surface area contributed by atoms with Gasteiger partial charge in [0.1, 0.15) is 13.2 Å². The summed E-state index contributed by atoms with van der Waals surface area (Å²) in [6, 6.07) is 18.7. The first kappa shape index (κ1) is 26.0. The minimum Gasteiger partial charge on any atom is -0.486 e. The summed E-state index contributed by atoms with van der Waals surface area (Å²) in [5, 5.41) is 6.15. The Morgan fingerprint density at radius 3 is 2.41 bits per heavy atom. The Morgan fingerprint density at radius 1 is 0.974 bits per heavy atom. The zero-order valence-electron chi connectivity index (χ0n) is 22.8. The van der Waals surface area contributed by atoms with Gasteiger partial charge in [0.25, 0.3) is 11.5 Å². The summed E-state index contributed by atoms with van der Waals surface area (Å²) in [5.74, 6) is 1.28. The number of nitrogens with one attached hydrogen (secondary N) is 2. The van der Waals surface area contributed by atoms with Crippen molar-refractivity contribution in [3.05, 3.63) is 93.9 Å². The van der Waals surface area contributed by atoms with Gasteiger partial charge in [-0.1, -0.05) is 45.0 Å². The topological polar surface area (TPSA) is 94.5 Å². The summed E-state index contributed by atoms with van der Waals surface area (Å²) in [5.41, 5.74) is 5.07. The van der Waals surface area contributed by atoms with Crippen molar-refractivity contribution in [3.8, 4) is 22.8 Å². The Kier molecular flexibility index (Phi) is 6.87. The van der Waals surface area contributed by atoms with Crippen molar-refractivity contribution >= 4 is 23.1 Å². The molecule has 8 heteroatoms. The van der Waals surface area contributed by atoms with Crippen molar-refractivity contribution in [1.29, 1.82) is 0 Å². The fourth-order valence-electron chi connectivity index (χ4n) is 4.44. The highest BCUT2D eigenvalue weighted by Crippen LogP contribution is 2.34. The first-order valence-electron chi connectivity index (χ1n) is 12.9. The van der Waals surface area contributed by atoms with Crippen LogP contribution in [0.1, 0.15) is 42.3 Å². The minimum atomic E-state index is -0.269. The van der Waals surface area contributed by atoms with Crippen LogP contribution >= 0.6 is 0 Å². The van der Waals surface area contributed by atoms with Crippen LogP contribution in [0.3, 0.4) is 0 Å². The van der Waals surface area contributed by atoms with Gasteiger partial charge < -0.3 is 24.7 Å². The number of nitrogens with zero attached hydrogens (tertiary/aromatic N) is 2. The lowest BCUT2D eigenvalue weighted by Crippen LogP contribution is -2.22. The van der Waals surface area contributed by atoms with Gasteiger partial charge in [0, 0.05) is 41.8 Å². The number of fused-ring (bicyclic) bond motifs is 1. The van der Waals surface area contributed by atoms with Gasteiger partial charge >= 0.3 is 0 Å². The second-order valence-corrected chi connectivity index (χ2v) is 10.6. The SMILES string of the molecule is Cc1c(NC(=O)c2ccc(C(C)(C)C)cc2)cccc1-c1cn(C)c(=O)c(Nc2ccc3c(c2)OCCO3)n1. The van der Waals surface area contributed by atoms with E-state index in [1.165, 1.54) is 10.1 Å². The van der Waals surface area contributed by atoms with Gasteiger partial charge in [-0.05, 0) is 53.8 Å². The van der Waals surface area contributed by atoms with E-state index in [1.54, 1.807) is 25.4 Å². The van der Waals surface area contributed by atoms with Crippen LogP contribution in [-0.2, 0) is 12.5 Å². The molecule has 39 heavy (non-hydrogen) atoms. The number of anilines is 3. The Hall–Kier alpha value is -4.59. The normalized spacial score (nSPS) is 12.6. The summed E-state index contributed by atoms with van der Waals surface area (Å²) in [6.45, 7) is 9.33. The first-order valence-corrected chi connectivity index (χ1v) is 12.9. The molecule has 1 aliphatic heterocycles. The Labute approximate surface area is 227 Å². The summed E-state index contributed by atoms with van der Waals surface area (Å²) in [6.07, 6.45) is 1.69. The molecule has 0 fully saturated rings. The van der Waals surface area contributed by atoms with E-state index in [1.807, 2.05) is 55.5 Å². The molecular formula is C31H32N4O4. The summed E-state index contributed by atoms with van der Waals surface area (Å²) in [7, 11) is 1.69. The van der Waals surface area contributed by atoms with Crippen molar-refractivity contribution in [3.63, 3.8) is 0 Å². The Bertz CT molecular complexity index is 1600. The van der Waals surface area contributed by atoms with Gasteiger partial charge in [0.05, 0.1) is 5.69 Å². The third-order valence-electron chi connectivity index (χ3n) is 6.75. The van der Waals surface area contributed by atoms with Crippen molar-refractivity contribution in [2.24, 2.45) is 7.05 Å². The lowest BCUT2D eigenvalue weighted by molar-refractivity contribution is 0.102. The number of carbonyl (C=O) groups is 1. The number of benzene rings is 3. The molecule has 1 aromatic heterocycles. The van der Waals surface area contributed by atoms with Crippen LogP contribution in [0, 0.1) is 6.92 Å². The van der Waals surface area contributed by atoms with Crippen LogP contribution in [0.25, 0.3) is 11.3 Å². The third kappa shape index (κ3) is 5.50. The maximum atomic E-state index is 13.0. The molecule has 4 aromatic rings. The third-order valence-corrected chi connectivity index (χ3v) is 6.75. The molecule has 0 saturated carbocycles. The predicted octanol–water partition coefficient (Wildman–Crippen LogP) is 5.82. The maximum absolute atomic E-state index is 13.0. The molecule has 2 N–H and O–H groups in total. The number of aryl methyl sites for hydroxylation is 1. The van der Waals surface area contributed by atoms with Gasteiger partial charge in [0.15, 0.2) is 17.3 Å². The van der Waals surface area contributed by atoms with E-state index in [4.69, 9.17) is 9.47 Å². The highest BCUT2D eigenvalue weighted by Gasteiger charge is 2.17. The maximum Gasteiger partial charge on any atom is 0.293 e. The van der Waals surface area contributed by atoms with Crippen LogP contribution in [0.5, 0.6) is 11.5 Å². The molecular weight excluding hydrogens is 492 g/mol. The zero-order valence-corrected chi connectivity index (χ0v) is 22.8. The fraction of sp³-hybridized carbons (Fsp3) is 0.258. The molecule has 0 bridgehead atoms. The zero-order chi connectivity index (χ0) is 27.7. The van der Waals surface area contributed by atoms with Gasteiger partial charge in [-0.2, -0.15) is 0 Å². The number of ether oxygens (including phenoxy) is 2. The summed E-state index contributed by atoms with van der Waals surface area (Å²) < 4.78 is 12.7. The standard InChI is InChI=1S/C31H32N4O4/c1-19-23(7-6-8-24(19)34-29(36)20-9-11-21(12-10-20)31(2,3)4)25-18-35(5)30(37)28(33-25)32-22-13-14-26-27(17-22)39-16-15-38-26/h6-14,17-18H,15-16H2,1-5H3,(H,32,33)(H,34,36). The molecule has 1 aliphatic rings. The molecule has 0 radical (unpaired) electrons. The second-order valence-electron chi connectivity index (χ2n) is 10.6. The smallest absolute Gasteiger partial charge is 0.293 e. The molecule has 0 saturated heterocycles. The quantitative estimate of drug-likeness (QED) is 0.342. The van der Waals surface area contributed by atoms with Gasteiger partial charge in [0.2, 0.25) is 0 Å². The Morgan fingerprint density at radius 2 is 1.69 bits per heavy atom. The minimum absolute atomic E-state index is 0.0124. The number of aromatic nitrogens is 2. The average molecular weight is 525 g/mol. The van der Waals surface area contributed by atoms with Crippen molar-refractivity contribution in [1.82, 2.24) is 9.55 Å². The van der Waals surface area contributed by atoms with E-state index in [9.17, 15) is 9.59 Å². The lowest BCUT2D eigenvalue weighted by atomic mass is 9.86. The van der Waals surface area contributed by atoms with E-state index >= 15 is 0 Å². The molecule has 0 atom stereocenters. The van der Waals surface area contributed by atoms with E-state index < -0.39 is 0 Å². The number of carbonyl (C=O) groups excluding carboxylic acids is 1. The van der Waals surface area contributed by atoms with Crippen molar-refractivity contribution in [2.75, 3.05) is 23.8 Å². The van der Waals surface area contributed by atoms with Crippen LogP contribution in [0.4, 0.5) is 17.2 Å². The van der Waals surface area contributed by atoms with E-state index in [-0.39, 0.29) is 22.7 Å². The van der Waals surface area contributed by atoms with Crippen LogP contribution in [-0.4, -0.2) is 28.7 Å². The highest BCUT2D eigenvalue weighted by molar-refractivity contribution is 6.05. The van der Waals surface area contributed by atoms with Gasteiger partial charge in [-0.3, -0.25) is 9.59 Å². The predicted molar refractivity (Wildman–Crippen MR) is 153 cm³/mol. The molecule has 3 aromatic carbocycles. The molecule has 0 spiro atoms. The van der Waals surface area contributed by atoms with Crippen LogP contribution in [0.2, 0.25) is 0 Å². The monoisotopic (exact) mass is 524 g/mol. The summed E-state index contributed by atoms with van der Waals surface area (Å²) >= 11 is 0. The number of amides is 1. The number of hydrogen-bond donors (Lipinski definition) is 2. The number of rotatable bonds is 5. The number of hydrogen-bond acceptors (Lipinski definition) is 6. The Balaban J connectivity index is 1.42. The second kappa shape index (κ2) is 10.3. The summed E-state index contributed by atoms with van der Waals surface area (Å²) in [4.78, 5) is 30.6. The highest BCUT2D eigenvalue weighted by atomic mass is 16.6. The van der Waals surface area contributed by atoms with E-state index in [0.29, 0.717) is 47.3 Å². The first-order chi connectivity index (χ1) is 18.6. The fourth-order valence-corrected chi connectivity index (χ4v) is 4.44. The van der Waals surface area contributed by atoms with Crippen LogP contribution in [0.15, 0.2) is 71.7 Å². The molecule has 5 rings (SSSR count). The molecule has 1 amide bonds. The molecule has 0 unspecified atom stereocenters. The van der Waals surface area contributed by atoms with E-state index in [0.717, 1.165) is 11.1 Å². The van der Waals surface area contributed by atoms with E-state index in [2.05, 4.69) is 36.4 Å². The largest absolute Gasteiger partial charge is 0.486 e. The molecule has 0 aliphatic carbocycles. The van der Waals surface area contributed by atoms with Crippen LogP contribution < -0.4 is 25.7 Å². The lowest BCUT2D eigenvalue weighted by Gasteiger charge is -2.19. The molecule has 200 valence electrons. The van der Waals surface area contributed by atoms with Crippen molar-refractivity contribution < 1.29 is 14.3 Å². The van der Waals surface area contributed by atoms with Crippen molar-refractivity contribution in [2.45, 2.75) is 33.1 Å². The van der Waals surface area contributed by atoms with Gasteiger partial charge in [-0.15, -0.1) is 0 Å². The van der Waals surface area contributed by atoms with Gasteiger partial charge in [-0.25, -0.2) is 4.98 Å².